The van der Waals surface area contributed by atoms with Crippen LogP contribution >= 0.6 is 11.8 Å². The highest BCUT2D eigenvalue weighted by atomic mass is 32.2. The third kappa shape index (κ3) is 4.07. The summed E-state index contributed by atoms with van der Waals surface area (Å²) in [7, 11) is 0. The van der Waals surface area contributed by atoms with Crippen molar-refractivity contribution in [3.05, 3.63) is 17.5 Å². The standard InChI is InChI=1S/C10H17N3S/c1-7(11)4-5-14-10-12-8(2)6-9(3)13-10/h6-7H,4-5,11H2,1-3H3. The van der Waals surface area contributed by atoms with E-state index < -0.39 is 0 Å². The second-order valence-corrected chi connectivity index (χ2v) is 4.61. The zero-order valence-electron chi connectivity index (χ0n) is 8.95. The summed E-state index contributed by atoms with van der Waals surface area (Å²) in [5.74, 6) is 0.987. The molecule has 0 aliphatic heterocycles. The van der Waals surface area contributed by atoms with E-state index in [1.807, 2.05) is 26.8 Å². The molecular weight excluding hydrogens is 194 g/mol. The van der Waals surface area contributed by atoms with Gasteiger partial charge in [0.25, 0.3) is 0 Å². The van der Waals surface area contributed by atoms with Crippen molar-refractivity contribution in [2.45, 2.75) is 38.4 Å². The average molecular weight is 211 g/mol. The van der Waals surface area contributed by atoms with Gasteiger partial charge in [0.1, 0.15) is 0 Å². The van der Waals surface area contributed by atoms with E-state index in [0.717, 1.165) is 28.7 Å². The molecule has 0 aliphatic carbocycles. The average Bonchev–Trinajstić information content (AvgIpc) is 2.01. The van der Waals surface area contributed by atoms with Crippen molar-refractivity contribution in [3.63, 3.8) is 0 Å². The summed E-state index contributed by atoms with van der Waals surface area (Å²) in [5.41, 5.74) is 7.72. The molecule has 0 spiro atoms. The molecule has 0 saturated heterocycles. The Bertz CT molecular complexity index is 279. The van der Waals surface area contributed by atoms with Gasteiger partial charge in [-0.15, -0.1) is 0 Å². The topological polar surface area (TPSA) is 51.8 Å². The molecule has 4 heteroatoms. The van der Waals surface area contributed by atoms with E-state index in [2.05, 4.69) is 9.97 Å². The number of nitrogens with two attached hydrogens (primary N) is 1. The number of hydrogen-bond donors (Lipinski definition) is 1. The Balaban J connectivity index is 2.50. The maximum atomic E-state index is 5.66. The smallest absolute Gasteiger partial charge is 0.187 e. The van der Waals surface area contributed by atoms with Gasteiger partial charge in [-0.05, 0) is 33.3 Å². The molecule has 3 nitrogen and oxygen atoms in total. The van der Waals surface area contributed by atoms with Crippen molar-refractivity contribution >= 4 is 11.8 Å². The van der Waals surface area contributed by atoms with Gasteiger partial charge in [-0.1, -0.05) is 11.8 Å². The highest BCUT2D eigenvalue weighted by molar-refractivity contribution is 7.99. The Kier molecular flexibility index (Phi) is 4.35. The van der Waals surface area contributed by atoms with Crippen molar-refractivity contribution < 1.29 is 0 Å². The van der Waals surface area contributed by atoms with Crippen LogP contribution in [0.5, 0.6) is 0 Å². The van der Waals surface area contributed by atoms with Crippen molar-refractivity contribution in [3.8, 4) is 0 Å². The van der Waals surface area contributed by atoms with E-state index in [9.17, 15) is 0 Å². The number of nitrogens with zero attached hydrogens (tertiary/aromatic N) is 2. The Morgan fingerprint density at radius 3 is 2.43 bits per heavy atom. The van der Waals surface area contributed by atoms with Gasteiger partial charge in [0.05, 0.1) is 0 Å². The highest BCUT2D eigenvalue weighted by Crippen LogP contribution is 2.15. The quantitative estimate of drug-likeness (QED) is 0.610. The summed E-state index contributed by atoms with van der Waals surface area (Å²) in [6.45, 7) is 6.00. The first-order chi connectivity index (χ1) is 6.58. The lowest BCUT2D eigenvalue weighted by atomic mass is 10.3. The SMILES string of the molecule is Cc1cc(C)nc(SCCC(C)N)n1. The lowest BCUT2D eigenvalue weighted by Gasteiger charge is -2.04. The molecule has 0 saturated carbocycles. The van der Waals surface area contributed by atoms with Crippen LogP contribution in [0.2, 0.25) is 0 Å². The molecule has 1 rings (SSSR count). The monoisotopic (exact) mass is 211 g/mol. The van der Waals surface area contributed by atoms with Crippen LogP contribution in [0.15, 0.2) is 11.2 Å². The summed E-state index contributed by atoms with van der Waals surface area (Å²) < 4.78 is 0. The molecule has 14 heavy (non-hydrogen) atoms. The van der Waals surface area contributed by atoms with Gasteiger partial charge in [0.2, 0.25) is 0 Å². The summed E-state index contributed by atoms with van der Waals surface area (Å²) in [4.78, 5) is 8.68. The van der Waals surface area contributed by atoms with Crippen LogP contribution in [0.1, 0.15) is 24.7 Å². The third-order valence-corrected chi connectivity index (χ3v) is 2.65. The minimum atomic E-state index is 0.258. The van der Waals surface area contributed by atoms with Crippen molar-refractivity contribution in [2.24, 2.45) is 5.73 Å². The highest BCUT2D eigenvalue weighted by Gasteiger charge is 2.01. The Morgan fingerprint density at radius 2 is 1.93 bits per heavy atom. The van der Waals surface area contributed by atoms with Crippen LogP contribution in [-0.4, -0.2) is 21.8 Å². The van der Waals surface area contributed by atoms with E-state index in [1.165, 1.54) is 0 Å². The first-order valence-corrected chi connectivity index (χ1v) is 5.77. The molecule has 1 unspecified atom stereocenters. The predicted molar refractivity (Wildman–Crippen MR) is 60.5 cm³/mol. The number of rotatable bonds is 4. The van der Waals surface area contributed by atoms with E-state index >= 15 is 0 Å². The fourth-order valence-electron chi connectivity index (χ4n) is 1.09. The molecule has 78 valence electrons. The lowest BCUT2D eigenvalue weighted by molar-refractivity contribution is 0.720. The van der Waals surface area contributed by atoms with Crippen LogP contribution in [0, 0.1) is 13.8 Å². The second kappa shape index (κ2) is 5.32. The molecule has 1 atom stereocenters. The first-order valence-electron chi connectivity index (χ1n) is 4.78. The molecule has 0 fully saturated rings. The molecule has 1 aromatic rings. The maximum absolute atomic E-state index is 5.66. The lowest BCUT2D eigenvalue weighted by Crippen LogP contribution is -2.15. The fraction of sp³-hybridized carbons (Fsp3) is 0.600. The van der Waals surface area contributed by atoms with Crippen molar-refractivity contribution in [1.82, 2.24) is 9.97 Å². The molecular formula is C10H17N3S. The molecule has 2 N–H and O–H groups in total. The summed E-state index contributed by atoms with van der Waals surface area (Å²) in [6, 6.07) is 2.24. The number of hydrogen-bond acceptors (Lipinski definition) is 4. The zero-order chi connectivity index (χ0) is 10.6. The van der Waals surface area contributed by atoms with Crippen LogP contribution in [0.4, 0.5) is 0 Å². The number of aromatic nitrogens is 2. The van der Waals surface area contributed by atoms with Gasteiger partial charge in [-0.25, -0.2) is 9.97 Å². The van der Waals surface area contributed by atoms with E-state index in [-0.39, 0.29) is 6.04 Å². The second-order valence-electron chi connectivity index (χ2n) is 3.55. The van der Waals surface area contributed by atoms with E-state index in [4.69, 9.17) is 5.73 Å². The number of thioether (sulfide) groups is 1. The van der Waals surface area contributed by atoms with E-state index in [0.29, 0.717) is 0 Å². The molecule has 0 radical (unpaired) electrons. The minimum absolute atomic E-state index is 0.258. The predicted octanol–water partition coefficient (Wildman–Crippen LogP) is 1.92. The van der Waals surface area contributed by atoms with Gasteiger partial charge >= 0.3 is 0 Å². The molecule has 1 aromatic heterocycles. The summed E-state index contributed by atoms with van der Waals surface area (Å²) >= 11 is 1.67. The Hall–Kier alpha value is -0.610. The first kappa shape index (κ1) is 11.5. The van der Waals surface area contributed by atoms with Gasteiger partial charge in [-0.2, -0.15) is 0 Å². The number of aryl methyl sites for hydroxylation is 2. The van der Waals surface area contributed by atoms with E-state index in [1.54, 1.807) is 11.8 Å². The zero-order valence-corrected chi connectivity index (χ0v) is 9.77. The minimum Gasteiger partial charge on any atom is -0.328 e. The largest absolute Gasteiger partial charge is 0.328 e. The van der Waals surface area contributed by atoms with Crippen molar-refractivity contribution in [1.29, 1.82) is 0 Å². The van der Waals surface area contributed by atoms with Crippen molar-refractivity contribution in [2.75, 3.05) is 5.75 Å². The van der Waals surface area contributed by atoms with Gasteiger partial charge in [-0.3, -0.25) is 0 Å². The normalized spacial score (nSPS) is 12.9. The van der Waals surface area contributed by atoms with Crippen LogP contribution < -0.4 is 5.73 Å². The van der Waals surface area contributed by atoms with Gasteiger partial charge in [0, 0.05) is 23.2 Å². The van der Waals surface area contributed by atoms with Crippen LogP contribution in [0.3, 0.4) is 0 Å². The molecule has 1 heterocycles. The molecule has 0 aromatic carbocycles. The van der Waals surface area contributed by atoms with Gasteiger partial charge < -0.3 is 5.73 Å². The third-order valence-electron chi connectivity index (χ3n) is 1.77. The van der Waals surface area contributed by atoms with Gasteiger partial charge in [0.15, 0.2) is 5.16 Å². The summed E-state index contributed by atoms with van der Waals surface area (Å²) in [6.07, 6.45) is 1.00. The maximum Gasteiger partial charge on any atom is 0.187 e. The van der Waals surface area contributed by atoms with Crippen LogP contribution in [0.25, 0.3) is 0 Å². The Labute approximate surface area is 89.5 Å². The molecule has 0 aliphatic rings. The van der Waals surface area contributed by atoms with Crippen LogP contribution in [-0.2, 0) is 0 Å². The summed E-state index contributed by atoms with van der Waals surface area (Å²) in [5, 5.41) is 0.864. The Morgan fingerprint density at radius 1 is 1.36 bits per heavy atom. The fourth-order valence-corrected chi connectivity index (χ4v) is 2.18. The molecule has 0 bridgehead atoms. The molecule has 0 amide bonds.